The number of hydrogen-bond donors (Lipinski definition) is 0. The van der Waals surface area contributed by atoms with Gasteiger partial charge in [-0.25, -0.2) is 13.8 Å². The van der Waals surface area contributed by atoms with E-state index in [1.165, 1.54) is 51.9 Å². The van der Waals surface area contributed by atoms with Crippen molar-refractivity contribution in [2.24, 2.45) is 0 Å². The zero-order valence-corrected chi connectivity index (χ0v) is 18.3. The molecule has 1 unspecified atom stereocenters. The molecule has 3 aromatic carbocycles. The Balaban J connectivity index is 1.95. The lowest BCUT2D eigenvalue weighted by atomic mass is 10.1. The van der Waals surface area contributed by atoms with Gasteiger partial charge in [0.2, 0.25) is 0 Å². The smallest absolute Gasteiger partial charge is 0.266 e. The van der Waals surface area contributed by atoms with E-state index in [2.05, 4.69) is 0 Å². The van der Waals surface area contributed by atoms with Crippen LogP contribution in [0.2, 0.25) is 0 Å². The minimum absolute atomic E-state index is 0.0470. The lowest BCUT2D eigenvalue weighted by Gasteiger charge is -2.31. The van der Waals surface area contributed by atoms with Crippen molar-refractivity contribution in [1.82, 2.24) is 14.5 Å². The summed E-state index contributed by atoms with van der Waals surface area (Å²) in [4.78, 5) is 33.1. The van der Waals surface area contributed by atoms with Crippen molar-refractivity contribution >= 4 is 16.8 Å². The number of nitrogens with zero attached hydrogens (tertiary/aromatic N) is 3. The summed E-state index contributed by atoms with van der Waals surface area (Å²) >= 11 is 0. The Kier molecular flexibility index (Phi) is 6.31. The Hall–Kier alpha value is -3.87. The molecule has 4 rings (SSSR count). The molecule has 0 fully saturated rings. The van der Waals surface area contributed by atoms with Gasteiger partial charge < -0.3 is 4.90 Å². The maximum atomic E-state index is 14.4. The second-order valence-electron chi connectivity index (χ2n) is 7.60. The molecule has 0 N–H and O–H groups in total. The van der Waals surface area contributed by atoms with Crippen LogP contribution in [0.4, 0.5) is 8.78 Å². The number of carbonyl (C=O) groups is 1. The number of aromatic nitrogens is 2. The monoisotopic (exact) mass is 447 g/mol. The Labute approximate surface area is 189 Å². The van der Waals surface area contributed by atoms with E-state index in [1.54, 1.807) is 37.3 Å². The summed E-state index contributed by atoms with van der Waals surface area (Å²) in [5.74, 6) is -1.20. The molecule has 0 aliphatic heterocycles. The van der Waals surface area contributed by atoms with Crippen LogP contribution in [-0.4, -0.2) is 26.9 Å². The molecule has 0 radical (unpaired) electrons. The molecule has 1 amide bonds. The fraction of sp³-hybridized carbons (Fsp3) is 0.192. The van der Waals surface area contributed by atoms with Gasteiger partial charge >= 0.3 is 0 Å². The Morgan fingerprint density at radius 1 is 0.970 bits per heavy atom. The minimum atomic E-state index is -0.621. The van der Waals surface area contributed by atoms with E-state index in [9.17, 15) is 18.4 Å². The Morgan fingerprint density at radius 2 is 1.64 bits per heavy atom. The molecule has 0 bridgehead atoms. The standard InChI is InChI=1S/C26H23F2N3O2/c1-3-23(30(4-2)25(32)19-9-5-7-11-21(19)28)24-29-22-12-8-6-10-20(22)26(33)31(24)18-15-13-17(27)14-16-18/h5-16,23H,3-4H2,1-2H3. The van der Waals surface area contributed by atoms with Crippen molar-refractivity contribution in [2.45, 2.75) is 26.3 Å². The SMILES string of the molecule is CCC(c1nc2ccccc2c(=O)n1-c1ccc(F)cc1)N(CC)C(=O)c1ccccc1F. The molecular formula is C26H23F2N3O2. The molecule has 1 atom stereocenters. The number of rotatable bonds is 6. The maximum absolute atomic E-state index is 14.4. The average Bonchev–Trinajstić information content (AvgIpc) is 2.83. The van der Waals surface area contributed by atoms with Crippen LogP contribution in [0, 0.1) is 11.6 Å². The zero-order valence-electron chi connectivity index (χ0n) is 18.3. The highest BCUT2D eigenvalue weighted by atomic mass is 19.1. The normalized spacial score (nSPS) is 12.0. The van der Waals surface area contributed by atoms with E-state index in [1.807, 2.05) is 6.92 Å². The average molecular weight is 447 g/mol. The summed E-state index contributed by atoms with van der Waals surface area (Å²) in [6, 6.07) is 17.7. The molecule has 168 valence electrons. The first-order valence-electron chi connectivity index (χ1n) is 10.8. The van der Waals surface area contributed by atoms with E-state index in [4.69, 9.17) is 4.98 Å². The molecule has 0 saturated heterocycles. The third-order valence-corrected chi connectivity index (χ3v) is 5.65. The maximum Gasteiger partial charge on any atom is 0.266 e. The highest BCUT2D eigenvalue weighted by Crippen LogP contribution is 2.27. The first-order chi connectivity index (χ1) is 16.0. The Bertz CT molecular complexity index is 1370. The molecule has 33 heavy (non-hydrogen) atoms. The van der Waals surface area contributed by atoms with Gasteiger partial charge in [-0.2, -0.15) is 0 Å². The predicted molar refractivity (Wildman–Crippen MR) is 123 cm³/mol. The summed E-state index contributed by atoms with van der Waals surface area (Å²) < 4.78 is 29.4. The first kappa shape index (κ1) is 22.3. The number of fused-ring (bicyclic) bond motifs is 1. The molecule has 1 heterocycles. The first-order valence-corrected chi connectivity index (χ1v) is 10.8. The van der Waals surface area contributed by atoms with Crippen LogP contribution in [0.15, 0.2) is 77.6 Å². The van der Waals surface area contributed by atoms with Crippen molar-refractivity contribution in [2.75, 3.05) is 6.54 Å². The third kappa shape index (κ3) is 4.14. The van der Waals surface area contributed by atoms with Crippen molar-refractivity contribution < 1.29 is 13.6 Å². The number of para-hydroxylation sites is 1. The van der Waals surface area contributed by atoms with Crippen LogP contribution in [0.25, 0.3) is 16.6 Å². The van der Waals surface area contributed by atoms with Crippen molar-refractivity contribution in [3.05, 3.63) is 106 Å². The van der Waals surface area contributed by atoms with Gasteiger partial charge in [-0.05, 0) is 61.9 Å². The third-order valence-electron chi connectivity index (χ3n) is 5.65. The molecule has 0 saturated carbocycles. The van der Waals surface area contributed by atoms with Gasteiger partial charge in [0.05, 0.1) is 28.2 Å². The van der Waals surface area contributed by atoms with Gasteiger partial charge in [0.1, 0.15) is 17.5 Å². The van der Waals surface area contributed by atoms with Crippen LogP contribution < -0.4 is 5.56 Å². The van der Waals surface area contributed by atoms with E-state index >= 15 is 0 Å². The zero-order chi connectivity index (χ0) is 23.5. The van der Waals surface area contributed by atoms with Crippen LogP contribution in [0.1, 0.15) is 42.5 Å². The fourth-order valence-corrected chi connectivity index (χ4v) is 4.05. The molecule has 1 aromatic heterocycles. The van der Waals surface area contributed by atoms with E-state index in [-0.39, 0.29) is 17.7 Å². The number of halogens is 2. The summed E-state index contributed by atoms with van der Waals surface area (Å²) in [5, 5.41) is 0.406. The minimum Gasteiger partial charge on any atom is -0.329 e. The largest absolute Gasteiger partial charge is 0.329 e. The number of benzene rings is 3. The van der Waals surface area contributed by atoms with Crippen LogP contribution in [0.5, 0.6) is 0 Å². The lowest BCUT2D eigenvalue weighted by molar-refractivity contribution is 0.0667. The molecule has 0 aliphatic rings. The predicted octanol–water partition coefficient (Wildman–Crippen LogP) is 5.28. The number of carbonyl (C=O) groups excluding carboxylic acids is 1. The van der Waals surface area contributed by atoms with Crippen molar-refractivity contribution in [3.63, 3.8) is 0 Å². The summed E-state index contributed by atoms with van der Waals surface area (Å²) in [5.41, 5.74) is 0.551. The van der Waals surface area contributed by atoms with Gasteiger partial charge in [0.25, 0.3) is 11.5 Å². The quantitative estimate of drug-likeness (QED) is 0.404. The molecule has 4 aromatic rings. The van der Waals surface area contributed by atoms with E-state index in [0.717, 1.165) is 0 Å². The van der Waals surface area contributed by atoms with Gasteiger partial charge in [-0.1, -0.05) is 31.2 Å². The number of amides is 1. The molecule has 7 heteroatoms. The number of hydrogen-bond acceptors (Lipinski definition) is 3. The van der Waals surface area contributed by atoms with Crippen LogP contribution in [-0.2, 0) is 0 Å². The van der Waals surface area contributed by atoms with Crippen LogP contribution in [0.3, 0.4) is 0 Å². The topological polar surface area (TPSA) is 55.2 Å². The van der Waals surface area contributed by atoms with Gasteiger partial charge in [0, 0.05) is 6.54 Å². The van der Waals surface area contributed by atoms with Gasteiger partial charge in [-0.15, -0.1) is 0 Å². The lowest BCUT2D eigenvalue weighted by Crippen LogP contribution is -2.38. The summed E-state index contributed by atoms with van der Waals surface area (Å²) in [7, 11) is 0. The second-order valence-corrected chi connectivity index (χ2v) is 7.60. The highest BCUT2D eigenvalue weighted by molar-refractivity contribution is 5.94. The second kappa shape index (κ2) is 9.32. The molecule has 5 nitrogen and oxygen atoms in total. The van der Waals surface area contributed by atoms with E-state index in [0.29, 0.717) is 28.8 Å². The van der Waals surface area contributed by atoms with Crippen molar-refractivity contribution in [1.29, 1.82) is 0 Å². The fourth-order valence-electron chi connectivity index (χ4n) is 4.05. The summed E-state index contributed by atoms with van der Waals surface area (Å²) in [6.45, 7) is 3.94. The van der Waals surface area contributed by atoms with Crippen molar-refractivity contribution in [3.8, 4) is 5.69 Å². The Morgan fingerprint density at radius 3 is 2.30 bits per heavy atom. The summed E-state index contributed by atoms with van der Waals surface area (Å²) in [6.07, 6.45) is 0.431. The van der Waals surface area contributed by atoms with Crippen LogP contribution >= 0.6 is 0 Å². The van der Waals surface area contributed by atoms with E-state index < -0.39 is 23.6 Å². The molecule has 0 spiro atoms. The molecular weight excluding hydrogens is 424 g/mol. The highest BCUT2D eigenvalue weighted by Gasteiger charge is 2.29. The van der Waals surface area contributed by atoms with Gasteiger partial charge in [0.15, 0.2) is 0 Å². The molecule has 0 aliphatic carbocycles. The van der Waals surface area contributed by atoms with Gasteiger partial charge in [-0.3, -0.25) is 14.2 Å².